The quantitative estimate of drug-likeness (QED) is 0.353. The summed E-state index contributed by atoms with van der Waals surface area (Å²) in [5, 5.41) is 0. The maximum Gasteiger partial charge on any atom is 0.159 e. The van der Waals surface area contributed by atoms with Crippen LogP contribution in [0.3, 0.4) is 0 Å². The normalized spacial score (nSPS) is 11.5. The van der Waals surface area contributed by atoms with Crippen molar-refractivity contribution in [1.82, 2.24) is 24.1 Å². The Hall–Kier alpha value is -3.67. The van der Waals surface area contributed by atoms with E-state index in [4.69, 9.17) is 19.7 Å². The van der Waals surface area contributed by atoms with E-state index in [9.17, 15) is 0 Å². The molecule has 0 radical (unpaired) electrons. The average molecular weight is 412 g/mol. The van der Waals surface area contributed by atoms with Crippen LogP contribution in [-0.2, 0) is 14.1 Å². The standard InChI is InChI=1S/C25H25N5O/c1-4-5-14-31-17-15-20(24-27-18-10-6-8-12-22(18)29(24)2)26-21(16-17)25-28-19-11-7-9-13-23(19)30(25)3/h6-13,15-16H,4-5,14H2,1-3H3. The molecule has 0 saturated carbocycles. The Labute approximate surface area is 181 Å². The number of aryl methyl sites for hydroxylation is 2. The molecule has 0 N–H and O–H groups in total. The molecule has 5 aromatic rings. The number of ether oxygens (including phenoxy) is 1. The smallest absolute Gasteiger partial charge is 0.159 e. The number of rotatable bonds is 6. The van der Waals surface area contributed by atoms with E-state index in [-0.39, 0.29) is 0 Å². The predicted molar refractivity (Wildman–Crippen MR) is 124 cm³/mol. The highest BCUT2D eigenvalue weighted by Gasteiger charge is 2.17. The van der Waals surface area contributed by atoms with Gasteiger partial charge in [-0.25, -0.2) is 15.0 Å². The molecule has 3 aromatic heterocycles. The Morgan fingerprint density at radius 1 is 0.742 bits per heavy atom. The second-order valence-corrected chi connectivity index (χ2v) is 7.74. The maximum absolute atomic E-state index is 6.08. The summed E-state index contributed by atoms with van der Waals surface area (Å²) in [6.45, 7) is 2.83. The highest BCUT2D eigenvalue weighted by Crippen LogP contribution is 2.30. The van der Waals surface area contributed by atoms with Crippen molar-refractivity contribution in [3.05, 3.63) is 60.7 Å². The van der Waals surface area contributed by atoms with Gasteiger partial charge in [0.2, 0.25) is 0 Å². The number of benzene rings is 2. The first-order chi connectivity index (χ1) is 15.2. The Bertz CT molecular complexity index is 1280. The van der Waals surface area contributed by atoms with Gasteiger partial charge >= 0.3 is 0 Å². The zero-order valence-electron chi connectivity index (χ0n) is 18.0. The largest absolute Gasteiger partial charge is 0.493 e. The number of para-hydroxylation sites is 4. The highest BCUT2D eigenvalue weighted by molar-refractivity contribution is 5.82. The van der Waals surface area contributed by atoms with Crippen molar-refractivity contribution in [3.63, 3.8) is 0 Å². The lowest BCUT2D eigenvalue weighted by atomic mass is 10.2. The summed E-state index contributed by atoms with van der Waals surface area (Å²) >= 11 is 0. The molecule has 5 rings (SSSR count). The van der Waals surface area contributed by atoms with E-state index in [1.54, 1.807) is 0 Å². The van der Waals surface area contributed by atoms with Crippen LogP contribution in [0.5, 0.6) is 5.75 Å². The molecule has 2 aromatic carbocycles. The first-order valence-corrected chi connectivity index (χ1v) is 10.6. The van der Waals surface area contributed by atoms with Crippen molar-refractivity contribution >= 4 is 22.1 Å². The lowest BCUT2D eigenvalue weighted by molar-refractivity contribution is 0.309. The minimum absolute atomic E-state index is 0.671. The van der Waals surface area contributed by atoms with Crippen molar-refractivity contribution < 1.29 is 4.74 Å². The molecule has 6 heteroatoms. The van der Waals surface area contributed by atoms with Gasteiger partial charge in [0.15, 0.2) is 11.6 Å². The van der Waals surface area contributed by atoms with E-state index in [2.05, 4.69) is 28.2 Å². The fourth-order valence-corrected chi connectivity index (χ4v) is 3.90. The third-order valence-electron chi connectivity index (χ3n) is 5.60. The van der Waals surface area contributed by atoms with Gasteiger partial charge in [-0.1, -0.05) is 37.6 Å². The van der Waals surface area contributed by atoms with E-state index < -0.39 is 0 Å². The molecule has 0 saturated heterocycles. The van der Waals surface area contributed by atoms with Gasteiger partial charge in [0.25, 0.3) is 0 Å². The summed E-state index contributed by atoms with van der Waals surface area (Å²) < 4.78 is 10.2. The zero-order valence-corrected chi connectivity index (χ0v) is 18.0. The third-order valence-corrected chi connectivity index (χ3v) is 5.60. The number of hydrogen-bond donors (Lipinski definition) is 0. The first kappa shape index (κ1) is 19.3. The first-order valence-electron chi connectivity index (χ1n) is 10.6. The van der Waals surface area contributed by atoms with Crippen LogP contribution in [0.25, 0.3) is 45.1 Å². The summed E-state index contributed by atoms with van der Waals surface area (Å²) in [4.78, 5) is 14.6. The molecule has 0 aliphatic rings. The number of hydrogen-bond acceptors (Lipinski definition) is 4. The molecular weight excluding hydrogens is 386 g/mol. The van der Waals surface area contributed by atoms with Gasteiger partial charge in [-0.15, -0.1) is 0 Å². The fraction of sp³-hybridized carbons (Fsp3) is 0.240. The summed E-state index contributed by atoms with van der Waals surface area (Å²) in [7, 11) is 4.04. The molecule has 0 amide bonds. The minimum atomic E-state index is 0.671. The summed E-state index contributed by atoms with van der Waals surface area (Å²) in [6.07, 6.45) is 2.09. The van der Waals surface area contributed by atoms with E-state index in [1.807, 2.05) is 62.6 Å². The van der Waals surface area contributed by atoms with Crippen LogP contribution in [0.2, 0.25) is 0 Å². The van der Waals surface area contributed by atoms with E-state index >= 15 is 0 Å². The number of nitrogens with zero attached hydrogens (tertiary/aromatic N) is 5. The molecule has 0 fully saturated rings. The highest BCUT2D eigenvalue weighted by atomic mass is 16.5. The van der Waals surface area contributed by atoms with Crippen molar-refractivity contribution in [3.8, 4) is 28.8 Å². The summed E-state index contributed by atoms with van der Waals surface area (Å²) in [5.74, 6) is 2.40. The van der Waals surface area contributed by atoms with Crippen LogP contribution in [0.1, 0.15) is 19.8 Å². The molecule has 31 heavy (non-hydrogen) atoms. The fourth-order valence-electron chi connectivity index (χ4n) is 3.90. The number of aromatic nitrogens is 5. The Morgan fingerprint density at radius 2 is 1.26 bits per heavy atom. The SMILES string of the molecule is CCCCOc1cc(-c2nc3ccccc3n2C)nc(-c2nc3ccccc3n2C)c1. The second kappa shape index (κ2) is 7.87. The second-order valence-electron chi connectivity index (χ2n) is 7.74. The molecule has 6 nitrogen and oxygen atoms in total. The van der Waals surface area contributed by atoms with Crippen molar-refractivity contribution in [2.24, 2.45) is 14.1 Å². The molecule has 156 valence electrons. The summed E-state index contributed by atoms with van der Waals surface area (Å²) in [6, 6.07) is 20.2. The molecule has 3 heterocycles. The molecule has 0 atom stereocenters. The van der Waals surface area contributed by atoms with Crippen LogP contribution >= 0.6 is 0 Å². The van der Waals surface area contributed by atoms with Crippen LogP contribution in [0.15, 0.2) is 60.7 Å². The molecule has 0 unspecified atom stereocenters. The molecule has 0 spiro atoms. The Kier molecular flexibility index (Phi) is 4.90. The van der Waals surface area contributed by atoms with Gasteiger partial charge < -0.3 is 13.9 Å². The average Bonchev–Trinajstić information content (AvgIpc) is 3.31. The molecule has 0 bridgehead atoms. The predicted octanol–water partition coefficient (Wildman–Crippen LogP) is 5.37. The molecular formula is C25H25N5O. The lowest BCUT2D eigenvalue weighted by Crippen LogP contribution is -2.02. The van der Waals surface area contributed by atoms with Gasteiger partial charge in [-0.2, -0.15) is 0 Å². The number of unbranched alkanes of at least 4 members (excludes halogenated alkanes) is 1. The van der Waals surface area contributed by atoms with Gasteiger partial charge in [-0.05, 0) is 30.7 Å². The van der Waals surface area contributed by atoms with Crippen molar-refractivity contribution in [2.75, 3.05) is 6.61 Å². The van der Waals surface area contributed by atoms with Crippen LogP contribution in [0.4, 0.5) is 0 Å². The van der Waals surface area contributed by atoms with Crippen LogP contribution < -0.4 is 4.74 Å². The van der Waals surface area contributed by atoms with Gasteiger partial charge in [0.05, 0.1) is 28.7 Å². The minimum Gasteiger partial charge on any atom is -0.493 e. The van der Waals surface area contributed by atoms with E-state index in [0.29, 0.717) is 6.61 Å². The van der Waals surface area contributed by atoms with Crippen LogP contribution in [0, 0.1) is 0 Å². The maximum atomic E-state index is 6.08. The third kappa shape index (κ3) is 3.44. The number of fused-ring (bicyclic) bond motifs is 2. The van der Waals surface area contributed by atoms with Crippen molar-refractivity contribution in [1.29, 1.82) is 0 Å². The summed E-state index contributed by atoms with van der Waals surface area (Å²) in [5.41, 5.74) is 5.58. The molecule has 0 aliphatic heterocycles. The van der Waals surface area contributed by atoms with Gasteiger partial charge in [0, 0.05) is 26.2 Å². The monoisotopic (exact) mass is 411 g/mol. The van der Waals surface area contributed by atoms with Gasteiger partial charge in [-0.3, -0.25) is 0 Å². The zero-order chi connectivity index (χ0) is 21.4. The number of pyridine rings is 1. The van der Waals surface area contributed by atoms with Crippen LogP contribution in [-0.4, -0.2) is 30.7 Å². The molecule has 0 aliphatic carbocycles. The number of imidazole rings is 2. The van der Waals surface area contributed by atoms with E-state index in [0.717, 1.165) is 63.7 Å². The lowest BCUT2D eigenvalue weighted by Gasteiger charge is -2.11. The van der Waals surface area contributed by atoms with Gasteiger partial charge in [0.1, 0.15) is 17.1 Å². The van der Waals surface area contributed by atoms with E-state index in [1.165, 1.54) is 0 Å². The topological polar surface area (TPSA) is 57.8 Å². The van der Waals surface area contributed by atoms with Crippen molar-refractivity contribution in [2.45, 2.75) is 19.8 Å². The Balaban J connectivity index is 1.68. The Morgan fingerprint density at radius 3 is 1.74 bits per heavy atom.